The van der Waals surface area contributed by atoms with Gasteiger partial charge in [-0.1, -0.05) is 18.9 Å². The lowest BCUT2D eigenvalue weighted by Crippen LogP contribution is -2.42. The quantitative estimate of drug-likeness (QED) is 0.837. The zero-order chi connectivity index (χ0) is 12.6. The third-order valence-electron chi connectivity index (χ3n) is 5.09. The minimum absolute atomic E-state index is 0.0534. The molecule has 2 aliphatic carbocycles. The molecule has 3 rings (SSSR count). The van der Waals surface area contributed by atoms with Crippen molar-refractivity contribution in [2.24, 2.45) is 5.41 Å². The van der Waals surface area contributed by atoms with E-state index >= 15 is 0 Å². The standard InChI is InChI=1S/C14H23NO2S/c16-18(17)10-5-13(11-18)15-12-3-8-14(9-4-12)6-1-2-7-14/h5,10,12-13,15H,1-4,6-9,11H2. The highest BCUT2D eigenvalue weighted by molar-refractivity contribution is 7.94. The van der Waals surface area contributed by atoms with Gasteiger partial charge < -0.3 is 5.32 Å². The Bertz CT molecular complexity index is 425. The first-order valence-electron chi connectivity index (χ1n) is 7.24. The van der Waals surface area contributed by atoms with Gasteiger partial charge in [0.15, 0.2) is 9.84 Å². The lowest BCUT2D eigenvalue weighted by atomic mass is 9.71. The van der Waals surface area contributed by atoms with Gasteiger partial charge in [-0.2, -0.15) is 0 Å². The van der Waals surface area contributed by atoms with Crippen molar-refractivity contribution in [2.75, 3.05) is 5.75 Å². The summed E-state index contributed by atoms with van der Waals surface area (Å²) < 4.78 is 22.7. The van der Waals surface area contributed by atoms with Gasteiger partial charge >= 0.3 is 0 Å². The Labute approximate surface area is 110 Å². The summed E-state index contributed by atoms with van der Waals surface area (Å²) in [7, 11) is -2.91. The summed E-state index contributed by atoms with van der Waals surface area (Å²) in [6.07, 6.45) is 12.6. The van der Waals surface area contributed by atoms with Crippen LogP contribution >= 0.6 is 0 Å². The summed E-state index contributed by atoms with van der Waals surface area (Å²) in [5.74, 6) is 0.259. The minimum atomic E-state index is -2.91. The van der Waals surface area contributed by atoms with Crippen LogP contribution in [0.1, 0.15) is 51.4 Å². The zero-order valence-corrected chi connectivity index (χ0v) is 11.7. The molecule has 102 valence electrons. The maximum atomic E-state index is 11.4. The van der Waals surface area contributed by atoms with Crippen molar-refractivity contribution in [3.63, 3.8) is 0 Å². The van der Waals surface area contributed by atoms with Crippen LogP contribution in [0.5, 0.6) is 0 Å². The molecule has 0 amide bonds. The summed E-state index contributed by atoms with van der Waals surface area (Å²) >= 11 is 0. The number of hydrogen-bond acceptors (Lipinski definition) is 3. The van der Waals surface area contributed by atoms with E-state index in [1.165, 1.54) is 56.8 Å². The Morgan fingerprint density at radius 2 is 1.72 bits per heavy atom. The first kappa shape index (κ1) is 12.7. The van der Waals surface area contributed by atoms with Crippen LogP contribution in [0.15, 0.2) is 11.5 Å². The highest BCUT2D eigenvalue weighted by atomic mass is 32.2. The van der Waals surface area contributed by atoms with Gasteiger partial charge in [-0.05, 0) is 43.9 Å². The number of rotatable bonds is 2. The van der Waals surface area contributed by atoms with Crippen LogP contribution in [0.4, 0.5) is 0 Å². The van der Waals surface area contributed by atoms with Crippen LogP contribution in [0.2, 0.25) is 0 Å². The molecule has 4 heteroatoms. The van der Waals surface area contributed by atoms with E-state index < -0.39 is 9.84 Å². The van der Waals surface area contributed by atoms with Gasteiger partial charge in [0, 0.05) is 17.5 Å². The summed E-state index contributed by atoms with van der Waals surface area (Å²) in [6, 6.07) is 0.580. The van der Waals surface area contributed by atoms with Crippen molar-refractivity contribution in [1.29, 1.82) is 0 Å². The molecule has 0 aromatic carbocycles. The molecule has 1 unspecified atom stereocenters. The lowest BCUT2D eigenvalue weighted by molar-refractivity contribution is 0.166. The molecular weight excluding hydrogens is 246 g/mol. The van der Waals surface area contributed by atoms with Crippen molar-refractivity contribution < 1.29 is 8.42 Å². The van der Waals surface area contributed by atoms with Crippen LogP contribution in [0.3, 0.4) is 0 Å². The zero-order valence-electron chi connectivity index (χ0n) is 10.9. The lowest BCUT2D eigenvalue weighted by Gasteiger charge is -2.38. The Balaban J connectivity index is 1.50. The van der Waals surface area contributed by atoms with E-state index in [-0.39, 0.29) is 11.8 Å². The van der Waals surface area contributed by atoms with Gasteiger partial charge in [-0.15, -0.1) is 0 Å². The molecule has 1 heterocycles. The highest BCUT2D eigenvalue weighted by Crippen LogP contribution is 2.48. The van der Waals surface area contributed by atoms with Crippen molar-refractivity contribution in [2.45, 2.75) is 63.5 Å². The summed E-state index contributed by atoms with van der Waals surface area (Å²) in [4.78, 5) is 0. The highest BCUT2D eigenvalue weighted by Gasteiger charge is 2.38. The molecule has 18 heavy (non-hydrogen) atoms. The fourth-order valence-corrected chi connectivity index (χ4v) is 5.25. The van der Waals surface area contributed by atoms with Crippen molar-refractivity contribution in [3.05, 3.63) is 11.5 Å². The Hall–Kier alpha value is -0.350. The van der Waals surface area contributed by atoms with E-state index in [2.05, 4.69) is 5.32 Å². The predicted octanol–water partition coefficient (Wildman–Crippen LogP) is 2.39. The Morgan fingerprint density at radius 1 is 1.06 bits per heavy atom. The van der Waals surface area contributed by atoms with Crippen LogP contribution in [-0.2, 0) is 9.84 Å². The number of nitrogens with one attached hydrogen (secondary N) is 1. The second kappa shape index (κ2) is 4.64. The van der Waals surface area contributed by atoms with E-state index in [9.17, 15) is 8.42 Å². The van der Waals surface area contributed by atoms with Gasteiger partial charge in [0.1, 0.15) is 0 Å². The Kier molecular flexibility index (Phi) is 3.27. The molecule has 0 bridgehead atoms. The maximum absolute atomic E-state index is 11.4. The average Bonchev–Trinajstić information content (AvgIpc) is 2.90. The fourth-order valence-electron chi connectivity index (χ4n) is 4.00. The average molecular weight is 269 g/mol. The van der Waals surface area contributed by atoms with E-state index in [0.29, 0.717) is 11.5 Å². The minimum Gasteiger partial charge on any atom is -0.307 e. The van der Waals surface area contributed by atoms with Crippen LogP contribution in [0.25, 0.3) is 0 Å². The van der Waals surface area contributed by atoms with Crippen molar-refractivity contribution in [3.8, 4) is 0 Å². The molecule has 1 aliphatic heterocycles. The summed E-state index contributed by atoms with van der Waals surface area (Å²) in [5.41, 5.74) is 0.662. The van der Waals surface area contributed by atoms with Crippen molar-refractivity contribution in [1.82, 2.24) is 5.32 Å². The first-order chi connectivity index (χ1) is 8.57. The predicted molar refractivity (Wildman–Crippen MR) is 73.0 cm³/mol. The SMILES string of the molecule is O=S1(=O)C=CC(NC2CCC3(CCCC3)CC2)C1. The topological polar surface area (TPSA) is 46.2 Å². The molecule has 0 saturated heterocycles. The van der Waals surface area contributed by atoms with Crippen LogP contribution < -0.4 is 5.32 Å². The maximum Gasteiger partial charge on any atom is 0.173 e. The van der Waals surface area contributed by atoms with Crippen molar-refractivity contribution >= 4 is 9.84 Å². The molecule has 2 saturated carbocycles. The summed E-state index contributed by atoms with van der Waals surface area (Å²) in [6.45, 7) is 0. The molecular formula is C14H23NO2S. The monoisotopic (exact) mass is 269 g/mol. The fraction of sp³-hybridized carbons (Fsp3) is 0.857. The summed E-state index contributed by atoms with van der Waals surface area (Å²) in [5, 5.41) is 4.88. The van der Waals surface area contributed by atoms with E-state index in [1.54, 1.807) is 0 Å². The number of hydrogen-bond donors (Lipinski definition) is 1. The molecule has 2 fully saturated rings. The van der Waals surface area contributed by atoms with Gasteiger partial charge in [-0.3, -0.25) is 0 Å². The molecule has 1 N–H and O–H groups in total. The van der Waals surface area contributed by atoms with Gasteiger partial charge in [-0.25, -0.2) is 8.42 Å². The molecule has 0 radical (unpaired) electrons. The number of sulfone groups is 1. The van der Waals surface area contributed by atoms with E-state index in [4.69, 9.17) is 0 Å². The molecule has 0 aromatic rings. The largest absolute Gasteiger partial charge is 0.307 e. The second-order valence-electron chi connectivity index (χ2n) is 6.41. The molecule has 1 atom stereocenters. The van der Waals surface area contributed by atoms with Crippen LogP contribution in [0, 0.1) is 5.41 Å². The molecule has 3 nitrogen and oxygen atoms in total. The van der Waals surface area contributed by atoms with E-state index in [0.717, 1.165) is 0 Å². The van der Waals surface area contributed by atoms with Gasteiger partial charge in [0.25, 0.3) is 0 Å². The Morgan fingerprint density at radius 3 is 2.28 bits per heavy atom. The second-order valence-corrected chi connectivity index (χ2v) is 8.34. The first-order valence-corrected chi connectivity index (χ1v) is 8.96. The van der Waals surface area contributed by atoms with Gasteiger partial charge in [0.2, 0.25) is 0 Å². The molecule has 1 spiro atoms. The van der Waals surface area contributed by atoms with Gasteiger partial charge in [0.05, 0.1) is 5.75 Å². The van der Waals surface area contributed by atoms with E-state index in [1.807, 2.05) is 6.08 Å². The molecule has 3 aliphatic rings. The normalized spacial score (nSPS) is 34.3. The third kappa shape index (κ3) is 2.64. The third-order valence-corrected chi connectivity index (χ3v) is 6.49. The van der Waals surface area contributed by atoms with Crippen LogP contribution in [-0.4, -0.2) is 26.3 Å². The molecule has 0 aromatic heterocycles. The smallest absolute Gasteiger partial charge is 0.173 e.